The lowest BCUT2D eigenvalue weighted by molar-refractivity contribution is 0.430. The van der Waals surface area contributed by atoms with Crippen molar-refractivity contribution in [1.29, 1.82) is 0 Å². The Morgan fingerprint density at radius 1 is 1.30 bits per heavy atom. The lowest BCUT2D eigenvalue weighted by Gasteiger charge is -2.19. The van der Waals surface area contributed by atoms with Gasteiger partial charge in [-0.2, -0.15) is 0 Å². The van der Waals surface area contributed by atoms with Gasteiger partial charge in [0.2, 0.25) is 0 Å². The van der Waals surface area contributed by atoms with Gasteiger partial charge in [0.15, 0.2) is 0 Å². The maximum Gasteiger partial charge on any atom is 0.127 e. The summed E-state index contributed by atoms with van der Waals surface area (Å²) in [7, 11) is 0. The number of halogens is 2. The molecule has 3 rings (SSSR count). The van der Waals surface area contributed by atoms with E-state index in [0.29, 0.717) is 6.04 Å². The highest BCUT2D eigenvalue weighted by Crippen LogP contribution is 2.57. The van der Waals surface area contributed by atoms with Crippen molar-refractivity contribution in [3.05, 3.63) is 34.1 Å². The summed E-state index contributed by atoms with van der Waals surface area (Å²) in [5, 5.41) is 3.61. The van der Waals surface area contributed by atoms with Gasteiger partial charge in [0, 0.05) is 10.5 Å². The van der Waals surface area contributed by atoms with Crippen LogP contribution in [-0.4, -0.2) is 12.6 Å². The minimum absolute atomic E-state index is 0.0779. The minimum atomic E-state index is -0.0779. The van der Waals surface area contributed by atoms with Gasteiger partial charge in [0.25, 0.3) is 0 Å². The third-order valence-corrected chi connectivity index (χ3v) is 5.60. The van der Waals surface area contributed by atoms with Crippen LogP contribution in [0.3, 0.4) is 0 Å². The average Bonchev–Trinajstić information content (AvgIpc) is 3.15. The molecule has 0 aromatic heterocycles. The second-order valence-corrected chi connectivity index (χ2v) is 7.21. The number of hydrogen-bond donors (Lipinski definition) is 1. The Balaban J connectivity index is 1.71. The van der Waals surface area contributed by atoms with Gasteiger partial charge in [-0.05, 0) is 61.3 Å². The molecule has 1 N–H and O–H groups in total. The van der Waals surface area contributed by atoms with Crippen LogP contribution in [0.15, 0.2) is 22.7 Å². The maximum atomic E-state index is 14.0. The lowest BCUT2D eigenvalue weighted by Crippen LogP contribution is -2.34. The van der Waals surface area contributed by atoms with Gasteiger partial charge in [-0.25, -0.2) is 4.39 Å². The van der Waals surface area contributed by atoms with Gasteiger partial charge in [-0.1, -0.05) is 41.8 Å². The highest BCUT2D eigenvalue weighted by molar-refractivity contribution is 9.10. The van der Waals surface area contributed by atoms with Crippen molar-refractivity contribution in [2.24, 2.45) is 17.8 Å². The minimum Gasteiger partial charge on any atom is -0.314 e. The predicted molar refractivity (Wildman–Crippen MR) is 84.2 cm³/mol. The van der Waals surface area contributed by atoms with E-state index >= 15 is 0 Å². The second-order valence-electron chi connectivity index (χ2n) is 6.29. The molecular formula is C17H23BrFN. The molecule has 2 fully saturated rings. The quantitative estimate of drug-likeness (QED) is 0.829. The summed E-state index contributed by atoms with van der Waals surface area (Å²) in [5.74, 6) is 2.52. The maximum absolute atomic E-state index is 14.0. The Morgan fingerprint density at radius 3 is 2.60 bits per heavy atom. The van der Waals surface area contributed by atoms with Crippen molar-refractivity contribution in [3.8, 4) is 0 Å². The molecule has 1 aromatic rings. The molecular weight excluding hydrogens is 317 g/mol. The van der Waals surface area contributed by atoms with Crippen molar-refractivity contribution in [2.45, 2.75) is 45.1 Å². The van der Waals surface area contributed by atoms with Crippen molar-refractivity contribution < 1.29 is 4.39 Å². The normalized spacial score (nSPS) is 29.9. The van der Waals surface area contributed by atoms with Crippen molar-refractivity contribution in [2.75, 3.05) is 6.54 Å². The standard InChI is InChI=1S/C17H23BrFN/c1-2-20-16(17-13-5-3-4-6-14(13)17)9-11-7-8-12(18)10-15(11)19/h7-8,10,13-14,16-17,20H,2-6,9H2,1H3. The van der Waals surface area contributed by atoms with Crippen molar-refractivity contribution in [3.63, 3.8) is 0 Å². The first kappa shape index (κ1) is 14.5. The summed E-state index contributed by atoms with van der Waals surface area (Å²) in [4.78, 5) is 0. The molecule has 0 bridgehead atoms. The van der Waals surface area contributed by atoms with Gasteiger partial charge >= 0.3 is 0 Å². The van der Waals surface area contributed by atoms with E-state index in [1.807, 2.05) is 12.1 Å². The number of rotatable bonds is 5. The smallest absolute Gasteiger partial charge is 0.127 e. The molecule has 2 saturated carbocycles. The molecule has 0 aliphatic heterocycles. The number of benzene rings is 1. The monoisotopic (exact) mass is 339 g/mol. The highest BCUT2D eigenvalue weighted by atomic mass is 79.9. The average molecular weight is 340 g/mol. The van der Waals surface area contributed by atoms with E-state index in [2.05, 4.69) is 28.2 Å². The van der Waals surface area contributed by atoms with Crippen LogP contribution in [0.2, 0.25) is 0 Å². The fourth-order valence-corrected chi connectivity index (χ4v) is 4.51. The highest BCUT2D eigenvalue weighted by Gasteiger charge is 2.53. The first-order valence-electron chi connectivity index (χ1n) is 7.88. The topological polar surface area (TPSA) is 12.0 Å². The number of nitrogens with one attached hydrogen (secondary N) is 1. The van der Waals surface area contributed by atoms with Crippen LogP contribution in [0, 0.1) is 23.6 Å². The third kappa shape index (κ3) is 2.94. The molecule has 0 radical (unpaired) electrons. The van der Waals surface area contributed by atoms with Crippen molar-refractivity contribution in [1.82, 2.24) is 5.32 Å². The van der Waals surface area contributed by atoms with E-state index in [4.69, 9.17) is 0 Å². The molecule has 3 atom stereocenters. The van der Waals surface area contributed by atoms with E-state index in [0.717, 1.165) is 40.8 Å². The predicted octanol–water partition coefficient (Wildman–Crippen LogP) is 4.55. The zero-order valence-electron chi connectivity index (χ0n) is 12.0. The summed E-state index contributed by atoms with van der Waals surface area (Å²) in [5.41, 5.74) is 0.850. The summed E-state index contributed by atoms with van der Waals surface area (Å²) in [6.07, 6.45) is 6.39. The Bertz CT molecular complexity index is 464. The molecule has 20 heavy (non-hydrogen) atoms. The van der Waals surface area contributed by atoms with Gasteiger partial charge in [-0.3, -0.25) is 0 Å². The molecule has 0 amide bonds. The Hall–Kier alpha value is -0.410. The van der Waals surface area contributed by atoms with Gasteiger partial charge in [0.05, 0.1) is 0 Å². The fourth-order valence-electron chi connectivity index (χ4n) is 4.18. The molecule has 2 aliphatic rings. The van der Waals surface area contributed by atoms with Crippen LogP contribution in [0.5, 0.6) is 0 Å². The molecule has 0 spiro atoms. The molecule has 3 unspecified atom stereocenters. The first-order valence-corrected chi connectivity index (χ1v) is 8.67. The molecule has 0 saturated heterocycles. The van der Waals surface area contributed by atoms with E-state index in [9.17, 15) is 4.39 Å². The SMILES string of the molecule is CCNC(Cc1ccc(Br)cc1F)C1C2CCCCC21. The van der Waals surface area contributed by atoms with Gasteiger partial charge < -0.3 is 5.32 Å². The summed E-state index contributed by atoms with van der Waals surface area (Å²) in [6.45, 7) is 3.12. The first-order chi connectivity index (χ1) is 9.70. The van der Waals surface area contributed by atoms with Crippen molar-refractivity contribution >= 4 is 15.9 Å². The molecule has 3 heteroatoms. The Labute approximate surface area is 129 Å². The van der Waals surface area contributed by atoms with E-state index in [1.54, 1.807) is 6.07 Å². The largest absolute Gasteiger partial charge is 0.314 e. The van der Waals surface area contributed by atoms with Crippen LogP contribution in [-0.2, 0) is 6.42 Å². The summed E-state index contributed by atoms with van der Waals surface area (Å²) < 4.78 is 14.9. The Kier molecular flexibility index (Phi) is 4.46. The number of likely N-dealkylation sites (N-methyl/N-ethyl adjacent to an activating group) is 1. The summed E-state index contributed by atoms with van der Waals surface area (Å²) in [6, 6.07) is 5.90. The zero-order chi connectivity index (χ0) is 14.1. The number of fused-ring (bicyclic) bond motifs is 1. The van der Waals surface area contributed by atoms with Crippen LogP contribution in [0.25, 0.3) is 0 Å². The van der Waals surface area contributed by atoms with E-state index in [-0.39, 0.29) is 5.82 Å². The lowest BCUT2D eigenvalue weighted by atomic mass is 9.99. The number of hydrogen-bond acceptors (Lipinski definition) is 1. The second kappa shape index (κ2) is 6.15. The van der Waals surface area contributed by atoms with Crippen LogP contribution >= 0.6 is 15.9 Å². The third-order valence-electron chi connectivity index (χ3n) is 5.11. The summed E-state index contributed by atoms with van der Waals surface area (Å²) >= 11 is 3.33. The zero-order valence-corrected chi connectivity index (χ0v) is 13.6. The van der Waals surface area contributed by atoms with Crippen LogP contribution < -0.4 is 5.32 Å². The van der Waals surface area contributed by atoms with E-state index < -0.39 is 0 Å². The van der Waals surface area contributed by atoms with Gasteiger partial charge in [-0.15, -0.1) is 0 Å². The molecule has 0 heterocycles. The van der Waals surface area contributed by atoms with E-state index in [1.165, 1.54) is 25.7 Å². The Morgan fingerprint density at radius 2 is 2.00 bits per heavy atom. The van der Waals surface area contributed by atoms with Crippen LogP contribution in [0.1, 0.15) is 38.2 Å². The fraction of sp³-hybridized carbons (Fsp3) is 0.647. The molecule has 1 nitrogen and oxygen atoms in total. The molecule has 1 aromatic carbocycles. The molecule has 2 aliphatic carbocycles. The van der Waals surface area contributed by atoms with Crippen LogP contribution in [0.4, 0.5) is 4.39 Å². The molecule has 110 valence electrons. The van der Waals surface area contributed by atoms with Gasteiger partial charge in [0.1, 0.15) is 5.82 Å².